The Kier molecular flexibility index (Phi) is 4.89. The lowest BCUT2D eigenvalue weighted by Crippen LogP contribution is -2.12. The molecule has 5 heteroatoms. The zero-order valence-electron chi connectivity index (χ0n) is 8.34. The molecule has 0 aromatic heterocycles. The van der Waals surface area contributed by atoms with Crippen LogP contribution in [0, 0.1) is 0 Å². The fourth-order valence-corrected chi connectivity index (χ4v) is 0.849. The maximum Gasteiger partial charge on any atom is 0.270 e. The van der Waals surface area contributed by atoms with Gasteiger partial charge in [0.05, 0.1) is 6.61 Å². The van der Waals surface area contributed by atoms with Crippen LogP contribution in [-0.2, 0) is 14.7 Å². The van der Waals surface area contributed by atoms with E-state index in [0.717, 1.165) is 6.21 Å². The lowest BCUT2D eigenvalue weighted by molar-refractivity contribution is -0.291. The van der Waals surface area contributed by atoms with Crippen LogP contribution in [0.25, 0.3) is 0 Å². The molecule has 0 aliphatic heterocycles. The normalized spacial score (nSPS) is 10.2. The second-order valence-corrected chi connectivity index (χ2v) is 2.57. The number of amides is 1. The molecule has 15 heavy (non-hydrogen) atoms. The highest BCUT2D eigenvalue weighted by atomic mass is 17.3. The molecular weight excluding hydrogens is 196 g/mol. The number of nitrogens with one attached hydrogen (secondary N) is 1. The predicted octanol–water partition coefficient (Wildman–Crippen LogP) is 1.58. The van der Waals surface area contributed by atoms with Gasteiger partial charge in [-0.1, -0.05) is 18.2 Å². The number of oxime groups is 1. The Labute approximate surface area is 87.6 Å². The van der Waals surface area contributed by atoms with E-state index < -0.39 is 0 Å². The van der Waals surface area contributed by atoms with Gasteiger partial charge in [-0.05, 0) is 24.2 Å². The quantitative estimate of drug-likeness (QED) is 0.346. The van der Waals surface area contributed by atoms with Crippen LogP contribution >= 0.6 is 0 Å². The van der Waals surface area contributed by atoms with Crippen LogP contribution in [0.4, 0.5) is 5.69 Å². The van der Waals surface area contributed by atoms with E-state index in [0.29, 0.717) is 12.3 Å². The third-order valence-corrected chi connectivity index (χ3v) is 1.42. The molecule has 0 aliphatic carbocycles. The van der Waals surface area contributed by atoms with Gasteiger partial charge in [-0.3, -0.25) is 4.79 Å². The van der Waals surface area contributed by atoms with Gasteiger partial charge in [0, 0.05) is 5.69 Å². The van der Waals surface area contributed by atoms with Crippen LogP contribution < -0.4 is 5.32 Å². The number of nitrogens with zero attached hydrogens (tertiary/aromatic N) is 1. The summed E-state index contributed by atoms with van der Waals surface area (Å²) in [6.45, 7) is 2.12. The van der Waals surface area contributed by atoms with E-state index in [1.54, 1.807) is 19.1 Å². The number of hydrogen-bond donors (Lipinski definition) is 1. The highest BCUT2D eigenvalue weighted by Gasteiger charge is 1.96. The van der Waals surface area contributed by atoms with E-state index in [1.165, 1.54) is 0 Å². The summed E-state index contributed by atoms with van der Waals surface area (Å²) in [5.41, 5.74) is 0.699. The zero-order valence-corrected chi connectivity index (χ0v) is 8.34. The van der Waals surface area contributed by atoms with Crippen molar-refractivity contribution < 1.29 is 14.7 Å². The van der Waals surface area contributed by atoms with Gasteiger partial charge in [-0.15, -0.1) is 0 Å². The third kappa shape index (κ3) is 4.78. The van der Waals surface area contributed by atoms with E-state index >= 15 is 0 Å². The number of benzene rings is 1. The summed E-state index contributed by atoms with van der Waals surface area (Å²) >= 11 is 0. The first-order valence-corrected chi connectivity index (χ1v) is 4.51. The first-order chi connectivity index (χ1) is 7.33. The standard InChI is InChI=1S/C10H12N2O3/c1-2-14-15-11-8-10(13)12-9-6-4-3-5-7-9/h3-8H,2H2,1H3,(H,12,13)/b11-8+. The average molecular weight is 208 g/mol. The van der Waals surface area contributed by atoms with Gasteiger partial charge in [0.2, 0.25) is 0 Å². The number of hydrogen-bond acceptors (Lipinski definition) is 4. The maximum atomic E-state index is 11.2. The van der Waals surface area contributed by atoms with Gasteiger partial charge < -0.3 is 5.32 Å². The van der Waals surface area contributed by atoms with Crippen molar-refractivity contribution in [1.29, 1.82) is 0 Å². The SMILES string of the molecule is CCOO/N=C/C(=O)Nc1ccccc1. The Bertz CT molecular complexity index is 325. The summed E-state index contributed by atoms with van der Waals surface area (Å²) in [5.74, 6) is -0.374. The third-order valence-electron chi connectivity index (χ3n) is 1.42. The molecule has 1 rings (SSSR count). The van der Waals surface area contributed by atoms with Gasteiger partial charge in [-0.2, -0.15) is 4.89 Å². The summed E-state index contributed by atoms with van der Waals surface area (Å²) in [6, 6.07) is 9.05. The van der Waals surface area contributed by atoms with Crippen LogP contribution in [0.5, 0.6) is 0 Å². The predicted molar refractivity (Wildman–Crippen MR) is 56.3 cm³/mol. The van der Waals surface area contributed by atoms with Crippen LogP contribution in [0.2, 0.25) is 0 Å². The number of para-hydroxylation sites is 1. The lowest BCUT2D eigenvalue weighted by Gasteiger charge is -1.99. The smallest absolute Gasteiger partial charge is 0.270 e. The molecule has 0 unspecified atom stereocenters. The highest BCUT2D eigenvalue weighted by Crippen LogP contribution is 2.03. The van der Waals surface area contributed by atoms with Gasteiger partial charge >= 0.3 is 0 Å². The van der Waals surface area contributed by atoms with Crippen LogP contribution in [-0.4, -0.2) is 18.7 Å². The molecule has 0 bridgehead atoms. The largest absolute Gasteiger partial charge is 0.321 e. The van der Waals surface area contributed by atoms with E-state index in [2.05, 4.69) is 20.3 Å². The van der Waals surface area contributed by atoms with E-state index in [9.17, 15) is 4.79 Å². The molecule has 0 saturated heterocycles. The summed E-state index contributed by atoms with van der Waals surface area (Å²) in [7, 11) is 0. The molecule has 1 aromatic rings. The minimum atomic E-state index is -0.374. The van der Waals surface area contributed by atoms with Crippen molar-refractivity contribution in [3.63, 3.8) is 0 Å². The second-order valence-electron chi connectivity index (χ2n) is 2.57. The Balaban J connectivity index is 2.33. The molecule has 1 amide bonds. The number of anilines is 1. The molecule has 1 aromatic carbocycles. The van der Waals surface area contributed by atoms with Crippen molar-refractivity contribution in [3.05, 3.63) is 30.3 Å². The van der Waals surface area contributed by atoms with Crippen molar-refractivity contribution in [2.45, 2.75) is 6.92 Å². The summed E-state index contributed by atoms with van der Waals surface area (Å²) in [4.78, 5) is 19.9. The van der Waals surface area contributed by atoms with Crippen LogP contribution in [0.1, 0.15) is 6.92 Å². The monoisotopic (exact) mass is 208 g/mol. The first-order valence-electron chi connectivity index (χ1n) is 4.51. The summed E-state index contributed by atoms with van der Waals surface area (Å²) in [5, 5.41) is 5.89. The molecule has 0 fully saturated rings. The minimum Gasteiger partial charge on any atom is -0.321 e. The number of carbonyl (C=O) groups is 1. The molecule has 0 atom stereocenters. The molecule has 0 saturated carbocycles. The molecule has 0 heterocycles. The first kappa shape index (κ1) is 11.2. The minimum absolute atomic E-state index is 0.373. The van der Waals surface area contributed by atoms with Gasteiger partial charge in [0.1, 0.15) is 6.21 Å². The Morgan fingerprint density at radius 1 is 1.47 bits per heavy atom. The number of carbonyl (C=O) groups excluding carboxylic acids is 1. The van der Waals surface area contributed by atoms with Crippen LogP contribution in [0.15, 0.2) is 35.5 Å². The van der Waals surface area contributed by atoms with Gasteiger partial charge in [0.25, 0.3) is 5.91 Å². The summed E-state index contributed by atoms with van der Waals surface area (Å²) in [6.07, 6.45) is 1.00. The van der Waals surface area contributed by atoms with Crippen molar-refractivity contribution >= 4 is 17.8 Å². The maximum absolute atomic E-state index is 11.2. The Morgan fingerprint density at radius 2 is 2.20 bits per heavy atom. The van der Waals surface area contributed by atoms with E-state index in [-0.39, 0.29) is 5.91 Å². The highest BCUT2D eigenvalue weighted by molar-refractivity contribution is 6.31. The lowest BCUT2D eigenvalue weighted by atomic mass is 10.3. The van der Waals surface area contributed by atoms with Crippen molar-refractivity contribution in [2.24, 2.45) is 5.16 Å². The molecular formula is C10H12N2O3. The Hall–Kier alpha value is -1.88. The topological polar surface area (TPSA) is 59.9 Å². The Morgan fingerprint density at radius 3 is 2.87 bits per heavy atom. The summed E-state index contributed by atoms with van der Waals surface area (Å²) < 4.78 is 0. The van der Waals surface area contributed by atoms with Gasteiger partial charge in [-0.25, -0.2) is 4.99 Å². The second kappa shape index (κ2) is 6.56. The number of rotatable bonds is 5. The van der Waals surface area contributed by atoms with Crippen LogP contribution in [0.3, 0.4) is 0 Å². The average Bonchev–Trinajstić information content (AvgIpc) is 2.26. The molecule has 0 aliphatic rings. The molecule has 0 radical (unpaired) electrons. The fourth-order valence-electron chi connectivity index (χ4n) is 0.849. The molecule has 5 nitrogen and oxygen atoms in total. The van der Waals surface area contributed by atoms with E-state index in [4.69, 9.17) is 0 Å². The van der Waals surface area contributed by atoms with Crippen molar-refractivity contribution in [2.75, 3.05) is 11.9 Å². The zero-order chi connectivity index (χ0) is 10.9. The van der Waals surface area contributed by atoms with Crippen molar-refractivity contribution in [3.8, 4) is 0 Å². The molecule has 1 N–H and O–H groups in total. The fraction of sp³-hybridized carbons (Fsp3) is 0.200. The molecule has 80 valence electrons. The van der Waals surface area contributed by atoms with Crippen molar-refractivity contribution in [1.82, 2.24) is 0 Å². The van der Waals surface area contributed by atoms with Gasteiger partial charge in [0.15, 0.2) is 0 Å². The van der Waals surface area contributed by atoms with E-state index in [1.807, 2.05) is 18.2 Å². The molecule has 0 spiro atoms.